The van der Waals surface area contributed by atoms with Gasteiger partial charge in [-0.1, -0.05) is 38.4 Å². The number of aromatic nitrogens is 3. The lowest BCUT2D eigenvalue weighted by Gasteiger charge is -2.34. The third-order valence-electron chi connectivity index (χ3n) is 5.38. The van der Waals surface area contributed by atoms with Crippen molar-refractivity contribution in [3.05, 3.63) is 53.4 Å². The molecule has 3 aromatic heterocycles. The smallest absolute Gasteiger partial charge is 0.223 e. The summed E-state index contributed by atoms with van der Waals surface area (Å²) >= 11 is 6.17. The number of carbonyl (C=O) groups is 1. The minimum atomic E-state index is 0.00648. The Bertz CT molecular complexity index is 1040. The molecule has 0 aliphatic carbocycles. The first-order chi connectivity index (χ1) is 13.8. The summed E-state index contributed by atoms with van der Waals surface area (Å²) in [5.74, 6) is 0.505. The second-order valence-corrected chi connectivity index (χ2v) is 9.52. The number of nitrogens with zero attached hydrogens (tertiary/aromatic N) is 4. The maximum Gasteiger partial charge on any atom is 0.223 e. The van der Waals surface area contributed by atoms with Crippen LogP contribution in [0, 0.1) is 5.41 Å². The van der Waals surface area contributed by atoms with Gasteiger partial charge in [0.25, 0.3) is 0 Å². The van der Waals surface area contributed by atoms with Crippen LogP contribution in [0.3, 0.4) is 0 Å². The molecule has 1 atom stereocenters. The molecule has 0 spiro atoms. The molecule has 152 valence electrons. The van der Waals surface area contributed by atoms with Crippen LogP contribution in [0.15, 0.2) is 42.7 Å². The van der Waals surface area contributed by atoms with Gasteiger partial charge in [0.05, 0.1) is 22.6 Å². The molecular weight excluding hydrogens is 384 g/mol. The molecule has 1 amide bonds. The molecule has 5 nitrogen and oxygen atoms in total. The summed E-state index contributed by atoms with van der Waals surface area (Å²) in [6, 6.07) is 9.84. The number of pyridine rings is 2. The van der Waals surface area contributed by atoms with E-state index in [4.69, 9.17) is 16.6 Å². The van der Waals surface area contributed by atoms with Crippen LogP contribution in [0.5, 0.6) is 0 Å². The Kier molecular flexibility index (Phi) is 5.34. The minimum Gasteiger partial charge on any atom is -0.342 e. The van der Waals surface area contributed by atoms with E-state index in [0.717, 1.165) is 48.7 Å². The molecule has 3 aromatic rings. The first kappa shape index (κ1) is 19.9. The average Bonchev–Trinajstić information content (AvgIpc) is 3.10. The minimum absolute atomic E-state index is 0.00648. The number of piperidine rings is 1. The highest BCUT2D eigenvalue weighted by Gasteiger charge is 2.28. The number of halogens is 1. The number of fused-ring (bicyclic) bond motifs is 1. The van der Waals surface area contributed by atoms with E-state index in [2.05, 4.69) is 31.8 Å². The van der Waals surface area contributed by atoms with Gasteiger partial charge in [-0.3, -0.25) is 14.2 Å². The van der Waals surface area contributed by atoms with Crippen LogP contribution in [-0.2, 0) is 4.79 Å². The molecule has 1 fully saturated rings. The monoisotopic (exact) mass is 410 g/mol. The molecule has 1 aliphatic rings. The van der Waals surface area contributed by atoms with E-state index in [1.54, 1.807) is 0 Å². The summed E-state index contributed by atoms with van der Waals surface area (Å²) in [5.41, 5.74) is 3.67. The zero-order valence-electron chi connectivity index (χ0n) is 17.2. The van der Waals surface area contributed by atoms with Crippen LogP contribution >= 0.6 is 11.6 Å². The Morgan fingerprint density at radius 1 is 1.24 bits per heavy atom. The van der Waals surface area contributed by atoms with Gasteiger partial charge in [-0.25, -0.2) is 4.98 Å². The number of carbonyl (C=O) groups excluding carboxylic acids is 1. The predicted octanol–water partition coefficient (Wildman–Crippen LogP) is 5.19. The van der Waals surface area contributed by atoms with Gasteiger partial charge in [0, 0.05) is 37.3 Å². The van der Waals surface area contributed by atoms with E-state index in [0.29, 0.717) is 11.4 Å². The molecule has 1 saturated heterocycles. The second-order valence-electron chi connectivity index (χ2n) is 9.08. The molecule has 4 rings (SSSR count). The molecule has 1 unspecified atom stereocenters. The molecule has 0 aromatic carbocycles. The average molecular weight is 411 g/mol. The zero-order chi connectivity index (χ0) is 20.6. The number of imidazole rings is 1. The van der Waals surface area contributed by atoms with E-state index in [-0.39, 0.29) is 17.2 Å². The first-order valence-electron chi connectivity index (χ1n) is 10.2. The zero-order valence-corrected chi connectivity index (χ0v) is 18.0. The molecule has 1 aliphatic heterocycles. The highest BCUT2D eigenvalue weighted by molar-refractivity contribution is 6.30. The van der Waals surface area contributed by atoms with Crippen molar-refractivity contribution in [1.82, 2.24) is 19.3 Å². The maximum absolute atomic E-state index is 12.7. The van der Waals surface area contributed by atoms with Crippen LogP contribution in [-0.4, -0.2) is 38.3 Å². The van der Waals surface area contributed by atoms with E-state index < -0.39 is 0 Å². The van der Waals surface area contributed by atoms with Crippen molar-refractivity contribution in [1.29, 1.82) is 0 Å². The van der Waals surface area contributed by atoms with Crippen LogP contribution in [0.2, 0.25) is 5.02 Å². The summed E-state index contributed by atoms with van der Waals surface area (Å²) in [4.78, 5) is 24.1. The lowest BCUT2D eigenvalue weighted by Crippen LogP contribution is -2.40. The van der Waals surface area contributed by atoms with Gasteiger partial charge in [-0.2, -0.15) is 0 Å². The lowest BCUT2D eigenvalue weighted by atomic mass is 9.89. The molecule has 0 N–H and O–H groups in total. The number of amides is 1. The van der Waals surface area contributed by atoms with E-state index >= 15 is 0 Å². The number of rotatable bonds is 3. The van der Waals surface area contributed by atoms with E-state index in [9.17, 15) is 4.79 Å². The molecule has 29 heavy (non-hydrogen) atoms. The normalized spacial score (nSPS) is 17.7. The van der Waals surface area contributed by atoms with E-state index in [1.165, 1.54) is 0 Å². The van der Waals surface area contributed by atoms with Crippen molar-refractivity contribution in [2.75, 3.05) is 13.1 Å². The predicted molar refractivity (Wildman–Crippen MR) is 116 cm³/mol. The van der Waals surface area contributed by atoms with E-state index in [1.807, 2.05) is 46.0 Å². The Morgan fingerprint density at radius 2 is 2.07 bits per heavy atom. The van der Waals surface area contributed by atoms with Crippen molar-refractivity contribution in [3.63, 3.8) is 0 Å². The van der Waals surface area contributed by atoms with Crippen LogP contribution in [0.4, 0.5) is 0 Å². The SMILES string of the molecule is CC(C)(C)CC(=O)N1CCCC(c2cccc(-c3cnc4ccc(Cl)cn34)n2)C1. The van der Waals surface area contributed by atoms with Gasteiger partial charge in [0.1, 0.15) is 5.65 Å². The number of hydrogen-bond donors (Lipinski definition) is 0. The fourth-order valence-corrected chi connectivity index (χ4v) is 4.14. The van der Waals surface area contributed by atoms with Crippen molar-refractivity contribution < 1.29 is 4.79 Å². The topological polar surface area (TPSA) is 50.5 Å². The molecule has 6 heteroatoms. The van der Waals surface area contributed by atoms with Crippen LogP contribution in [0.25, 0.3) is 17.0 Å². The summed E-state index contributed by atoms with van der Waals surface area (Å²) in [6.07, 6.45) is 6.33. The van der Waals surface area contributed by atoms with Crippen molar-refractivity contribution >= 4 is 23.2 Å². The van der Waals surface area contributed by atoms with Gasteiger partial charge < -0.3 is 4.90 Å². The van der Waals surface area contributed by atoms with Crippen LogP contribution in [0.1, 0.15) is 51.6 Å². The highest BCUT2D eigenvalue weighted by Crippen LogP contribution is 2.30. The van der Waals surface area contributed by atoms with Gasteiger partial charge in [-0.05, 0) is 42.5 Å². The summed E-state index contributed by atoms with van der Waals surface area (Å²) in [6.45, 7) is 7.92. The Morgan fingerprint density at radius 3 is 2.86 bits per heavy atom. The van der Waals surface area contributed by atoms with Crippen molar-refractivity contribution in [2.24, 2.45) is 5.41 Å². The van der Waals surface area contributed by atoms with Gasteiger partial charge in [-0.15, -0.1) is 0 Å². The van der Waals surface area contributed by atoms with Crippen molar-refractivity contribution in [3.8, 4) is 11.4 Å². The number of likely N-dealkylation sites (tertiary alicyclic amines) is 1. The standard InChI is InChI=1S/C23H27ClN4O/c1-23(2,3)12-22(29)27-11-5-6-16(14-27)18-7-4-8-19(26-18)20-13-25-21-10-9-17(24)15-28(20)21/h4,7-10,13,15-16H,5-6,11-12,14H2,1-3H3. The quantitative estimate of drug-likeness (QED) is 0.596. The molecule has 0 bridgehead atoms. The highest BCUT2D eigenvalue weighted by atomic mass is 35.5. The third-order valence-corrected chi connectivity index (χ3v) is 5.60. The molecule has 0 saturated carbocycles. The fraction of sp³-hybridized carbons (Fsp3) is 0.435. The second kappa shape index (κ2) is 7.79. The Labute approximate surface area is 176 Å². The summed E-state index contributed by atoms with van der Waals surface area (Å²) in [7, 11) is 0. The van der Waals surface area contributed by atoms with Gasteiger partial charge in [0.15, 0.2) is 0 Å². The molecular formula is C23H27ClN4O. The Balaban J connectivity index is 1.58. The van der Waals surface area contributed by atoms with Gasteiger partial charge in [0.2, 0.25) is 5.91 Å². The van der Waals surface area contributed by atoms with Crippen molar-refractivity contribution in [2.45, 2.75) is 46.0 Å². The Hall–Kier alpha value is -2.40. The third kappa shape index (κ3) is 4.45. The lowest BCUT2D eigenvalue weighted by molar-refractivity contribution is -0.134. The summed E-state index contributed by atoms with van der Waals surface area (Å²) in [5, 5.41) is 0.660. The largest absolute Gasteiger partial charge is 0.342 e. The summed E-state index contributed by atoms with van der Waals surface area (Å²) < 4.78 is 1.97. The molecule has 4 heterocycles. The first-order valence-corrected chi connectivity index (χ1v) is 10.6. The fourth-order valence-electron chi connectivity index (χ4n) is 3.98. The van der Waals surface area contributed by atoms with Crippen LogP contribution < -0.4 is 0 Å². The maximum atomic E-state index is 12.7. The molecule has 0 radical (unpaired) electrons. The number of hydrogen-bond acceptors (Lipinski definition) is 3. The van der Waals surface area contributed by atoms with Gasteiger partial charge >= 0.3 is 0 Å².